The minimum absolute atomic E-state index is 0.0735. The van der Waals surface area contributed by atoms with Crippen molar-refractivity contribution in [2.24, 2.45) is 4.99 Å². The molecule has 7 heteroatoms. The molecule has 0 atom stereocenters. The molecule has 0 radical (unpaired) electrons. The number of likely N-dealkylation sites (N-methyl/N-ethyl adjacent to an activating group) is 1. The molecule has 0 aliphatic carbocycles. The van der Waals surface area contributed by atoms with Gasteiger partial charge in [0.15, 0.2) is 5.17 Å². The van der Waals surface area contributed by atoms with E-state index in [0.29, 0.717) is 34.0 Å². The van der Waals surface area contributed by atoms with Crippen molar-refractivity contribution in [3.05, 3.63) is 93.9 Å². The molecule has 1 heterocycles. The molecule has 1 fully saturated rings. The van der Waals surface area contributed by atoms with E-state index >= 15 is 0 Å². The Bertz CT molecular complexity index is 1210. The molecule has 0 N–H and O–H groups in total. The van der Waals surface area contributed by atoms with Crippen LogP contribution in [0.2, 0.25) is 5.02 Å². The molecule has 0 aromatic heterocycles. The molecule has 0 bridgehead atoms. The van der Waals surface area contributed by atoms with Gasteiger partial charge in [0.25, 0.3) is 5.91 Å². The largest absolute Gasteiger partial charge is 0.497 e. The number of amidine groups is 1. The van der Waals surface area contributed by atoms with Gasteiger partial charge in [0.05, 0.1) is 17.7 Å². The monoisotopic (exact) mass is 478 g/mol. The number of rotatable bonds is 7. The second-order valence-corrected chi connectivity index (χ2v) is 8.59. The first-order chi connectivity index (χ1) is 16.1. The number of carbonyl (C=O) groups is 1. The maximum Gasteiger partial charge on any atom is 0.266 e. The van der Waals surface area contributed by atoms with Crippen LogP contribution >= 0.6 is 23.4 Å². The normalized spacial score (nSPS) is 16.0. The van der Waals surface area contributed by atoms with Crippen molar-refractivity contribution in [3.63, 3.8) is 0 Å². The van der Waals surface area contributed by atoms with Crippen LogP contribution in [0.4, 0.5) is 5.69 Å². The van der Waals surface area contributed by atoms with E-state index in [2.05, 4.69) is 4.99 Å². The lowest BCUT2D eigenvalue weighted by atomic mass is 10.1. The van der Waals surface area contributed by atoms with E-state index in [1.807, 2.05) is 85.8 Å². The molecule has 5 nitrogen and oxygen atoms in total. The first kappa shape index (κ1) is 23.0. The number of ether oxygens (including phenoxy) is 2. The smallest absolute Gasteiger partial charge is 0.266 e. The van der Waals surface area contributed by atoms with Crippen molar-refractivity contribution < 1.29 is 14.3 Å². The second-order valence-electron chi connectivity index (χ2n) is 7.17. The molecule has 1 aliphatic rings. The topological polar surface area (TPSA) is 51.1 Å². The summed E-state index contributed by atoms with van der Waals surface area (Å²) in [5, 5.41) is 1.31. The van der Waals surface area contributed by atoms with Gasteiger partial charge in [-0.15, -0.1) is 0 Å². The van der Waals surface area contributed by atoms with Crippen molar-refractivity contribution in [2.75, 3.05) is 13.7 Å². The Morgan fingerprint density at radius 2 is 1.76 bits per heavy atom. The van der Waals surface area contributed by atoms with Crippen LogP contribution in [0.25, 0.3) is 6.08 Å². The lowest BCUT2D eigenvalue weighted by molar-refractivity contribution is -0.122. The fraction of sp³-hybridized carbons (Fsp3) is 0.154. The number of amides is 1. The van der Waals surface area contributed by atoms with Crippen molar-refractivity contribution in [1.29, 1.82) is 0 Å². The van der Waals surface area contributed by atoms with Gasteiger partial charge in [-0.3, -0.25) is 9.69 Å². The molecular weight excluding hydrogens is 456 g/mol. The van der Waals surface area contributed by atoms with E-state index in [1.54, 1.807) is 12.0 Å². The summed E-state index contributed by atoms with van der Waals surface area (Å²) in [6.45, 7) is 2.81. The number of thioether (sulfide) groups is 1. The van der Waals surface area contributed by atoms with Crippen LogP contribution in [-0.2, 0) is 11.4 Å². The first-order valence-electron chi connectivity index (χ1n) is 10.5. The van der Waals surface area contributed by atoms with E-state index < -0.39 is 0 Å². The third-order valence-electron chi connectivity index (χ3n) is 5.05. The second kappa shape index (κ2) is 10.6. The van der Waals surface area contributed by atoms with Crippen LogP contribution in [0.1, 0.15) is 18.1 Å². The molecule has 1 amide bonds. The minimum Gasteiger partial charge on any atom is -0.497 e. The summed E-state index contributed by atoms with van der Waals surface area (Å²) in [5.74, 6) is 1.37. The number of benzene rings is 3. The van der Waals surface area contributed by atoms with E-state index in [9.17, 15) is 4.79 Å². The summed E-state index contributed by atoms with van der Waals surface area (Å²) in [4.78, 5) is 20.0. The van der Waals surface area contributed by atoms with E-state index in [-0.39, 0.29) is 5.91 Å². The Kier molecular flexibility index (Phi) is 7.37. The van der Waals surface area contributed by atoms with Gasteiger partial charge in [-0.25, -0.2) is 4.99 Å². The predicted molar refractivity (Wildman–Crippen MR) is 135 cm³/mol. The lowest BCUT2D eigenvalue weighted by Gasteiger charge is -2.12. The summed E-state index contributed by atoms with van der Waals surface area (Å²) in [7, 11) is 1.62. The summed E-state index contributed by atoms with van der Waals surface area (Å²) in [6, 6.07) is 22.6. The molecule has 1 saturated heterocycles. The molecular formula is C26H23ClN2O3S. The number of aliphatic imine (C=N–C) groups is 1. The van der Waals surface area contributed by atoms with Crippen LogP contribution in [0.15, 0.2) is 82.7 Å². The summed E-state index contributed by atoms with van der Waals surface area (Å²) < 4.78 is 11.2. The van der Waals surface area contributed by atoms with Gasteiger partial charge >= 0.3 is 0 Å². The zero-order valence-corrected chi connectivity index (χ0v) is 19.9. The third kappa shape index (κ3) is 5.41. The average molecular weight is 479 g/mol. The fourth-order valence-electron chi connectivity index (χ4n) is 3.28. The number of hydrogen-bond donors (Lipinski definition) is 0. The van der Waals surface area contributed by atoms with Crippen molar-refractivity contribution in [1.82, 2.24) is 4.90 Å². The highest BCUT2D eigenvalue weighted by molar-refractivity contribution is 8.18. The van der Waals surface area contributed by atoms with Crippen molar-refractivity contribution in [3.8, 4) is 11.5 Å². The van der Waals surface area contributed by atoms with Gasteiger partial charge in [-0.1, -0.05) is 48.0 Å². The maximum atomic E-state index is 13.1. The molecule has 0 spiro atoms. The Hall–Kier alpha value is -3.22. The molecule has 0 saturated carbocycles. The van der Waals surface area contributed by atoms with Gasteiger partial charge < -0.3 is 9.47 Å². The quantitative estimate of drug-likeness (QED) is 0.361. The molecule has 0 unspecified atom stereocenters. The predicted octanol–water partition coefficient (Wildman–Crippen LogP) is 6.55. The van der Waals surface area contributed by atoms with E-state index in [1.165, 1.54) is 11.8 Å². The van der Waals surface area contributed by atoms with Crippen molar-refractivity contribution >= 4 is 46.2 Å². The minimum atomic E-state index is -0.0735. The van der Waals surface area contributed by atoms with Crippen LogP contribution in [-0.4, -0.2) is 29.6 Å². The maximum absolute atomic E-state index is 13.1. The molecule has 3 aromatic carbocycles. The Balaban J connectivity index is 1.58. The highest BCUT2D eigenvalue weighted by Crippen LogP contribution is 2.35. The Morgan fingerprint density at radius 1 is 1.03 bits per heavy atom. The number of hydrogen-bond acceptors (Lipinski definition) is 5. The summed E-state index contributed by atoms with van der Waals surface area (Å²) >= 11 is 7.61. The van der Waals surface area contributed by atoms with Gasteiger partial charge in [-0.05, 0) is 61.2 Å². The molecule has 4 rings (SSSR count). The van der Waals surface area contributed by atoms with Crippen molar-refractivity contribution in [2.45, 2.75) is 13.5 Å². The Morgan fingerprint density at radius 3 is 2.48 bits per heavy atom. The zero-order chi connectivity index (χ0) is 23.2. The van der Waals surface area contributed by atoms with Crippen LogP contribution in [0.5, 0.6) is 11.5 Å². The number of methoxy groups -OCH3 is 1. The number of halogens is 1. The molecule has 33 heavy (non-hydrogen) atoms. The van der Waals surface area contributed by atoms with Gasteiger partial charge in [0.1, 0.15) is 18.1 Å². The Labute approximate surface area is 202 Å². The molecule has 168 valence electrons. The van der Waals surface area contributed by atoms with Crippen LogP contribution < -0.4 is 9.47 Å². The first-order valence-corrected chi connectivity index (χ1v) is 11.7. The number of carbonyl (C=O) groups excluding carboxylic acids is 1. The molecule has 3 aromatic rings. The standard InChI is InChI=1S/C26H23ClN2O3S/c1-3-29-25(30)24(33-26(29)28-20-12-14-21(31-2)15-13-20)16-18-8-5-7-11-23(18)32-17-19-9-4-6-10-22(19)27/h4-16H,3,17H2,1-2H3. The zero-order valence-electron chi connectivity index (χ0n) is 18.3. The van der Waals surface area contributed by atoms with E-state index in [4.69, 9.17) is 21.1 Å². The SMILES string of the molecule is CCN1C(=O)C(=Cc2ccccc2OCc2ccccc2Cl)SC1=Nc1ccc(OC)cc1. The average Bonchev–Trinajstić information content (AvgIpc) is 3.13. The summed E-state index contributed by atoms with van der Waals surface area (Å²) in [5.41, 5.74) is 2.48. The number of para-hydroxylation sites is 1. The van der Waals surface area contributed by atoms with E-state index in [0.717, 1.165) is 22.6 Å². The fourth-order valence-corrected chi connectivity index (χ4v) is 4.52. The van der Waals surface area contributed by atoms with Gasteiger partial charge in [0, 0.05) is 22.7 Å². The highest BCUT2D eigenvalue weighted by atomic mass is 35.5. The molecule has 1 aliphatic heterocycles. The number of nitrogens with zero attached hydrogens (tertiary/aromatic N) is 2. The van der Waals surface area contributed by atoms with Crippen LogP contribution in [0.3, 0.4) is 0 Å². The third-order valence-corrected chi connectivity index (χ3v) is 6.42. The van der Waals surface area contributed by atoms with Crippen LogP contribution in [0, 0.1) is 0 Å². The van der Waals surface area contributed by atoms with Gasteiger partial charge in [0.2, 0.25) is 0 Å². The van der Waals surface area contributed by atoms with Gasteiger partial charge in [-0.2, -0.15) is 0 Å². The lowest BCUT2D eigenvalue weighted by Crippen LogP contribution is -2.28. The highest BCUT2D eigenvalue weighted by Gasteiger charge is 2.32. The summed E-state index contributed by atoms with van der Waals surface area (Å²) in [6.07, 6.45) is 1.86.